The van der Waals surface area contributed by atoms with Crippen molar-refractivity contribution in [1.82, 2.24) is 0 Å². The Balaban J connectivity index is 1.67. The summed E-state index contributed by atoms with van der Waals surface area (Å²) in [4.78, 5) is 0. The molecule has 3 rings (SSSR count). The van der Waals surface area contributed by atoms with Gasteiger partial charge in [0.1, 0.15) is 11.6 Å². The molecule has 0 amide bonds. The number of rotatable bonds is 3. The Hall–Kier alpha value is -0.900. The van der Waals surface area contributed by atoms with E-state index in [0.717, 1.165) is 6.42 Å². The van der Waals surface area contributed by atoms with Crippen LogP contribution >= 0.6 is 15.9 Å². The van der Waals surface area contributed by atoms with Crippen molar-refractivity contribution >= 4 is 21.6 Å². The minimum atomic E-state index is -0.438. The molecule has 0 spiro atoms. The number of anilines is 1. The van der Waals surface area contributed by atoms with Crippen LogP contribution in [-0.4, -0.2) is 6.54 Å². The molecule has 0 heterocycles. The Morgan fingerprint density at radius 3 is 2.67 bits per heavy atom. The van der Waals surface area contributed by atoms with E-state index in [1.807, 2.05) is 0 Å². The SMILES string of the molecule is Fc1cc(NCC2CC3C=CC2C3)c(F)cc1Br. The molecule has 1 aromatic rings. The highest BCUT2D eigenvalue weighted by molar-refractivity contribution is 9.10. The van der Waals surface area contributed by atoms with E-state index in [1.165, 1.54) is 18.6 Å². The van der Waals surface area contributed by atoms with E-state index in [2.05, 4.69) is 33.4 Å². The largest absolute Gasteiger partial charge is 0.382 e. The highest BCUT2D eigenvalue weighted by Gasteiger charge is 2.35. The fraction of sp³-hybridized carbons (Fsp3) is 0.429. The molecule has 1 nitrogen and oxygen atoms in total. The standard InChI is InChI=1S/C14H14BrF2N/c15-11-5-13(17)14(6-12(11)16)18-7-10-4-8-1-2-9(10)3-8/h1-2,5-6,8-10,18H,3-4,7H2. The lowest BCUT2D eigenvalue weighted by atomic mass is 9.93. The van der Waals surface area contributed by atoms with Gasteiger partial charge in [0.25, 0.3) is 0 Å². The quantitative estimate of drug-likeness (QED) is 0.646. The lowest BCUT2D eigenvalue weighted by molar-refractivity contribution is 0.470. The van der Waals surface area contributed by atoms with E-state index in [1.54, 1.807) is 0 Å². The van der Waals surface area contributed by atoms with Crippen molar-refractivity contribution in [3.63, 3.8) is 0 Å². The average molecular weight is 314 g/mol. The summed E-state index contributed by atoms with van der Waals surface area (Å²) in [5, 5.41) is 3.04. The second-order valence-corrected chi connectivity index (χ2v) is 6.02. The van der Waals surface area contributed by atoms with Gasteiger partial charge in [-0.3, -0.25) is 0 Å². The van der Waals surface area contributed by atoms with Gasteiger partial charge in [0.05, 0.1) is 10.2 Å². The maximum atomic E-state index is 13.6. The molecule has 3 atom stereocenters. The van der Waals surface area contributed by atoms with Crippen molar-refractivity contribution < 1.29 is 8.78 Å². The molecule has 1 saturated carbocycles. The Kier molecular flexibility index (Phi) is 3.14. The van der Waals surface area contributed by atoms with E-state index in [4.69, 9.17) is 0 Å². The summed E-state index contributed by atoms with van der Waals surface area (Å²) in [7, 11) is 0. The lowest BCUT2D eigenvalue weighted by Crippen LogP contribution is -2.18. The minimum Gasteiger partial charge on any atom is -0.382 e. The third kappa shape index (κ3) is 2.18. The van der Waals surface area contributed by atoms with Gasteiger partial charge >= 0.3 is 0 Å². The van der Waals surface area contributed by atoms with Crippen molar-refractivity contribution in [3.8, 4) is 0 Å². The van der Waals surface area contributed by atoms with Gasteiger partial charge in [-0.1, -0.05) is 12.2 Å². The van der Waals surface area contributed by atoms with Gasteiger partial charge in [-0.15, -0.1) is 0 Å². The predicted molar refractivity (Wildman–Crippen MR) is 71.4 cm³/mol. The predicted octanol–water partition coefficient (Wildman–Crippen LogP) is 4.35. The molecule has 0 aromatic heterocycles. The zero-order valence-electron chi connectivity index (χ0n) is 9.80. The third-order valence-electron chi connectivity index (χ3n) is 3.98. The molecule has 18 heavy (non-hydrogen) atoms. The van der Waals surface area contributed by atoms with Crippen LogP contribution in [0, 0.1) is 29.4 Å². The number of hydrogen-bond acceptors (Lipinski definition) is 1. The number of allylic oxidation sites excluding steroid dienone is 2. The van der Waals surface area contributed by atoms with Crippen LogP contribution in [0.3, 0.4) is 0 Å². The van der Waals surface area contributed by atoms with Crippen LogP contribution in [0.5, 0.6) is 0 Å². The first-order valence-electron chi connectivity index (χ1n) is 6.20. The number of benzene rings is 1. The Labute approximate surface area is 113 Å². The molecular weight excluding hydrogens is 300 g/mol. The Morgan fingerprint density at radius 2 is 2.00 bits per heavy atom. The normalized spacial score (nSPS) is 28.9. The topological polar surface area (TPSA) is 12.0 Å². The minimum absolute atomic E-state index is 0.161. The molecule has 1 aromatic carbocycles. The maximum Gasteiger partial charge on any atom is 0.147 e. The molecule has 1 fully saturated rings. The fourth-order valence-electron chi connectivity index (χ4n) is 3.03. The maximum absolute atomic E-state index is 13.6. The van der Waals surface area contributed by atoms with Crippen LogP contribution in [0.25, 0.3) is 0 Å². The second kappa shape index (κ2) is 4.65. The van der Waals surface area contributed by atoms with Crippen LogP contribution in [0.15, 0.2) is 28.8 Å². The summed E-state index contributed by atoms with van der Waals surface area (Å²) < 4.78 is 27.1. The van der Waals surface area contributed by atoms with Gasteiger partial charge in [-0.25, -0.2) is 8.78 Å². The van der Waals surface area contributed by atoms with Gasteiger partial charge in [-0.05, 0) is 52.6 Å². The van der Waals surface area contributed by atoms with E-state index >= 15 is 0 Å². The van der Waals surface area contributed by atoms with Crippen LogP contribution < -0.4 is 5.32 Å². The molecule has 96 valence electrons. The zero-order chi connectivity index (χ0) is 12.7. The summed E-state index contributed by atoms with van der Waals surface area (Å²) in [6.07, 6.45) is 6.93. The first-order chi connectivity index (χ1) is 8.63. The number of hydrogen-bond donors (Lipinski definition) is 1. The van der Waals surface area contributed by atoms with Crippen molar-refractivity contribution in [3.05, 3.63) is 40.4 Å². The van der Waals surface area contributed by atoms with Crippen LogP contribution in [0.1, 0.15) is 12.8 Å². The summed E-state index contributed by atoms with van der Waals surface area (Å²) in [5.41, 5.74) is 0.252. The van der Waals surface area contributed by atoms with Gasteiger partial charge in [0.2, 0.25) is 0 Å². The number of nitrogens with one attached hydrogen (secondary N) is 1. The van der Waals surface area contributed by atoms with Crippen molar-refractivity contribution in [1.29, 1.82) is 0 Å². The van der Waals surface area contributed by atoms with E-state index in [0.29, 0.717) is 24.3 Å². The van der Waals surface area contributed by atoms with Gasteiger partial charge in [-0.2, -0.15) is 0 Å². The molecule has 3 unspecified atom stereocenters. The van der Waals surface area contributed by atoms with Crippen molar-refractivity contribution in [2.24, 2.45) is 17.8 Å². The highest BCUT2D eigenvalue weighted by atomic mass is 79.9. The monoisotopic (exact) mass is 313 g/mol. The molecule has 2 aliphatic carbocycles. The second-order valence-electron chi connectivity index (χ2n) is 5.17. The molecule has 0 aliphatic heterocycles. The average Bonchev–Trinajstić information content (AvgIpc) is 2.94. The highest BCUT2D eigenvalue weighted by Crippen LogP contribution is 2.43. The van der Waals surface area contributed by atoms with Crippen LogP contribution in [0.2, 0.25) is 0 Å². The van der Waals surface area contributed by atoms with Crippen LogP contribution in [0.4, 0.5) is 14.5 Å². The molecule has 2 aliphatic rings. The Bertz CT molecular complexity index is 501. The first-order valence-corrected chi connectivity index (χ1v) is 6.99. The molecule has 1 N–H and O–H groups in total. The molecular formula is C14H14BrF2N. The molecule has 2 bridgehead atoms. The molecule has 0 radical (unpaired) electrons. The fourth-order valence-corrected chi connectivity index (χ4v) is 3.34. The molecule has 0 saturated heterocycles. The number of halogens is 3. The summed E-state index contributed by atoms with van der Waals surface area (Å²) in [6.45, 7) is 0.712. The smallest absolute Gasteiger partial charge is 0.147 e. The summed E-state index contributed by atoms with van der Waals surface area (Å²) in [5.74, 6) is 1.01. The number of fused-ring (bicyclic) bond motifs is 2. The van der Waals surface area contributed by atoms with E-state index < -0.39 is 11.6 Å². The third-order valence-corrected chi connectivity index (χ3v) is 4.59. The van der Waals surface area contributed by atoms with Gasteiger partial charge in [0.15, 0.2) is 0 Å². The molecule has 4 heteroatoms. The lowest BCUT2D eigenvalue weighted by Gasteiger charge is -2.19. The van der Waals surface area contributed by atoms with Gasteiger partial charge < -0.3 is 5.32 Å². The zero-order valence-corrected chi connectivity index (χ0v) is 11.4. The first kappa shape index (κ1) is 12.2. The van der Waals surface area contributed by atoms with Crippen molar-refractivity contribution in [2.75, 3.05) is 11.9 Å². The van der Waals surface area contributed by atoms with Gasteiger partial charge in [0, 0.05) is 12.6 Å². The van der Waals surface area contributed by atoms with E-state index in [9.17, 15) is 8.78 Å². The Morgan fingerprint density at radius 1 is 1.17 bits per heavy atom. The summed E-state index contributed by atoms with van der Waals surface area (Å²) in [6, 6.07) is 2.38. The van der Waals surface area contributed by atoms with Crippen molar-refractivity contribution in [2.45, 2.75) is 12.8 Å². The van der Waals surface area contributed by atoms with Crippen LogP contribution in [-0.2, 0) is 0 Å². The van der Waals surface area contributed by atoms with E-state index in [-0.39, 0.29) is 10.2 Å². The summed E-state index contributed by atoms with van der Waals surface area (Å²) >= 11 is 2.97.